The number of oxazole rings is 1. The van der Waals surface area contributed by atoms with E-state index in [4.69, 9.17) is 20.8 Å². The molecule has 0 radical (unpaired) electrons. The predicted molar refractivity (Wildman–Crippen MR) is 144 cm³/mol. The van der Waals surface area contributed by atoms with Crippen LogP contribution in [-0.4, -0.2) is 32.2 Å². The number of halogens is 1. The molecule has 0 saturated heterocycles. The highest BCUT2D eigenvalue weighted by Crippen LogP contribution is 2.31. The fourth-order valence-electron chi connectivity index (χ4n) is 4.20. The van der Waals surface area contributed by atoms with Gasteiger partial charge in [-0.15, -0.1) is 0 Å². The van der Waals surface area contributed by atoms with Crippen LogP contribution in [0.4, 0.5) is 0 Å². The number of aryl methyl sites for hydroxylation is 2. The summed E-state index contributed by atoms with van der Waals surface area (Å²) in [4.78, 5) is 33.7. The molecule has 8 nitrogen and oxygen atoms in total. The third-order valence-corrected chi connectivity index (χ3v) is 6.45. The zero-order valence-electron chi connectivity index (χ0n) is 21.9. The van der Waals surface area contributed by atoms with Gasteiger partial charge >= 0.3 is 11.7 Å². The first-order valence-electron chi connectivity index (χ1n) is 13.1. The van der Waals surface area contributed by atoms with Crippen molar-refractivity contribution in [3.63, 3.8) is 0 Å². The zero-order valence-corrected chi connectivity index (χ0v) is 22.6. The molecular formula is C28H36ClN3O5. The number of carbonyl (C=O) groups excluding carboxylic acids is 1. The largest absolute Gasteiger partial charge is 0.491 e. The summed E-state index contributed by atoms with van der Waals surface area (Å²) in [6, 6.07) is 6.14. The van der Waals surface area contributed by atoms with Crippen molar-refractivity contribution < 1.29 is 19.1 Å². The Balaban J connectivity index is 1.59. The average molecular weight is 530 g/mol. The molecule has 1 aromatic carbocycles. The molecule has 0 amide bonds. The number of hydrogen-bond donors (Lipinski definition) is 1. The van der Waals surface area contributed by atoms with Gasteiger partial charge in [-0.25, -0.2) is 24.1 Å². The number of hydrogen-bond acceptors (Lipinski definition) is 7. The normalized spacial score (nSPS) is 11.1. The summed E-state index contributed by atoms with van der Waals surface area (Å²) in [6.45, 7) is 6.08. The third-order valence-electron chi connectivity index (χ3n) is 6.13. The van der Waals surface area contributed by atoms with E-state index in [1.165, 1.54) is 63.1 Å². The number of benzene rings is 1. The lowest BCUT2D eigenvalue weighted by molar-refractivity contribution is 0.0497. The molecule has 0 bridgehead atoms. The number of unbranched alkanes of at least 4 members (excludes halogenated alkanes) is 9. The van der Waals surface area contributed by atoms with Crippen LogP contribution in [0.3, 0.4) is 0 Å². The summed E-state index contributed by atoms with van der Waals surface area (Å²) < 4.78 is 11.6. The summed E-state index contributed by atoms with van der Waals surface area (Å²) in [6.07, 6.45) is 11.9. The Kier molecular flexibility index (Phi) is 10.7. The van der Waals surface area contributed by atoms with Gasteiger partial charge in [0, 0.05) is 11.4 Å². The van der Waals surface area contributed by atoms with Crippen LogP contribution in [0.1, 0.15) is 92.9 Å². The highest BCUT2D eigenvalue weighted by Gasteiger charge is 2.24. The SMILES string of the molecule is CCCCCCCCCCCCOC(=O)c1ccc(Cl)c(-n2c(O)c(-c3nc(C)cc(C)n3)oc2=O)c1. The van der Waals surface area contributed by atoms with Gasteiger partial charge in [0.05, 0.1) is 22.9 Å². The topological polar surface area (TPSA) is 107 Å². The number of nitrogens with zero attached hydrogens (tertiary/aromatic N) is 3. The molecule has 3 rings (SSSR count). The Hall–Kier alpha value is -3.13. The number of esters is 1. The summed E-state index contributed by atoms with van der Waals surface area (Å²) in [5, 5.41) is 10.9. The predicted octanol–water partition coefficient (Wildman–Crippen LogP) is 6.94. The van der Waals surface area contributed by atoms with Crippen LogP contribution in [0.2, 0.25) is 5.02 Å². The first kappa shape index (κ1) is 28.4. The Morgan fingerprint density at radius 2 is 1.57 bits per heavy atom. The maximum Gasteiger partial charge on any atom is 0.427 e. The number of aromatic hydroxyl groups is 1. The Labute approximate surface area is 222 Å². The van der Waals surface area contributed by atoms with E-state index in [0.717, 1.165) is 23.8 Å². The van der Waals surface area contributed by atoms with E-state index in [1.807, 2.05) is 0 Å². The van der Waals surface area contributed by atoms with E-state index in [9.17, 15) is 14.7 Å². The Morgan fingerprint density at radius 3 is 2.19 bits per heavy atom. The molecule has 0 aliphatic carbocycles. The van der Waals surface area contributed by atoms with E-state index < -0.39 is 17.6 Å². The van der Waals surface area contributed by atoms with Crippen LogP contribution in [0.15, 0.2) is 33.5 Å². The molecule has 2 heterocycles. The molecule has 3 aromatic rings. The second kappa shape index (κ2) is 14.0. The van der Waals surface area contributed by atoms with Gasteiger partial charge in [0.1, 0.15) is 0 Å². The first-order chi connectivity index (χ1) is 17.8. The summed E-state index contributed by atoms with van der Waals surface area (Å²) >= 11 is 6.31. The van der Waals surface area contributed by atoms with Crippen molar-refractivity contribution in [1.29, 1.82) is 0 Å². The molecule has 0 unspecified atom stereocenters. The lowest BCUT2D eigenvalue weighted by Gasteiger charge is -2.09. The van der Waals surface area contributed by atoms with E-state index in [0.29, 0.717) is 18.0 Å². The molecule has 37 heavy (non-hydrogen) atoms. The zero-order chi connectivity index (χ0) is 26.8. The first-order valence-corrected chi connectivity index (χ1v) is 13.4. The molecule has 9 heteroatoms. The summed E-state index contributed by atoms with van der Waals surface area (Å²) in [5.41, 5.74) is 1.62. The highest BCUT2D eigenvalue weighted by molar-refractivity contribution is 6.32. The van der Waals surface area contributed by atoms with Crippen molar-refractivity contribution in [2.45, 2.75) is 85.0 Å². The van der Waals surface area contributed by atoms with Gasteiger partial charge in [0.25, 0.3) is 0 Å². The second-order valence-electron chi connectivity index (χ2n) is 9.31. The third kappa shape index (κ3) is 7.92. The smallest absolute Gasteiger partial charge is 0.427 e. The average Bonchev–Trinajstić information content (AvgIpc) is 3.15. The van der Waals surface area contributed by atoms with Gasteiger partial charge < -0.3 is 14.3 Å². The number of ether oxygens (including phenoxy) is 1. The van der Waals surface area contributed by atoms with Crippen molar-refractivity contribution in [2.24, 2.45) is 0 Å². The molecule has 200 valence electrons. The molecule has 0 aliphatic heterocycles. The Bertz CT molecular complexity index is 1230. The van der Waals surface area contributed by atoms with Crippen molar-refractivity contribution in [3.8, 4) is 23.2 Å². The van der Waals surface area contributed by atoms with Crippen molar-refractivity contribution in [1.82, 2.24) is 14.5 Å². The molecule has 0 saturated carbocycles. The van der Waals surface area contributed by atoms with Crippen LogP contribution >= 0.6 is 11.6 Å². The minimum atomic E-state index is -0.881. The molecule has 1 N–H and O–H groups in total. The fraction of sp³-hybridized carbons (Fsp3) is 0.500. The van der Waals surface area contributed by atoms with Crippen molar-refractivity contribution in [2.75, 3.05) is 6.61 Å². The fourth-order valence-corrected chi connectivity index (χ4v) is 4.40. The van der Waals surface area contributed by atoms with Gasteiger partial charge in [-0.1, -0.05) is 76.3 Å². The van der Waals surface area contributed by atoms with E-state index >= 15 is 0 Å². The monoisotopic (exact) mass is 529 g/mol. The minimum Gasteiger partial charge on any atom is -0.491 e. The molecule has 0 aliphatic rings. The maximum atomic E-state index is 12.6. The standard InChI is InChI=1S/C28H36ClN3O5/c1-4-5-6-7-8-9-10-11-12-13-16-36-27(34)21-14-15-22(29)23(18-21)32-26(33)24(37-28(32)35)25-30-19(2)17-20(3)31-25/h14-15,17-18,33H,4-13,16H2,1-3H3. The van der Waals surface area contributed by atoms with Crippen molar-refractivity contribution in [3.05, 3.63) is 56.8 Å². The van der Waals surface area contributed by atoms with Crippen LogP contribution in [-0.2, 0) is 4.74 Å². The summed E-state index contributed by atoms with van der Waals surface area (Å²) in [5.74, 6) is -2.01. The van der Waals surface area contributed by atoms with Gasteiger partial charge in [-0.2, -0.15) is 0 Å². The molecule has 0 atom stereocenters. The van der Waals surface area contributed by atoms with E-state index in [-0.39, 0.29) is 27.9 Å². The molecule has 0 fully saturated rings. The lowest BCUT2D eigenvalue weighted by Crippen LogP contribution is -2.13. The van der Waals surface area contributed by atoms with E-state index in [1.54, 1.807) is 19.9 Å². The molecule has 2 aromatic heterocycles. The van der Waals surface area contributed by atoms with Crippen LogP contribution in [0.25, 0.3) is 17.3 Å². The van der Waals surface area contributed by atoms with Crippen LogP contribution in [0, 0.1) is 13.8 Å². The van der Waals surface area contributed by atoms with Crippen LogP contribution in [0.5, 0.6) is 5.88 Å². The van der Waals surface area contributed by atoms with Gasteiger partial charge in [0.15, 0.2) is 0 Å². The van der Waals surface area contributed by atoms with Gasteiger partial charge in [0.2, 0.25) is 17.5 Å². The van der Waals surface area contributed by atoms with E-state index in [2.05, 4.69) is 16.9 Å². The lowest BCUT2D eigenvalue weighted by atomic mass is 10.1. The van der Waals surface area contributed by atoms with Gasteiger partial charge in [-0.3, -0.25) is 0 Å². The van der Waals surface area contributed by atoms with Crippen molar-refractivity contribution >= 4 is 17.6 Å². The quantitative estimate of drug-likeness (QED) is 0.178. The van der Waals surface area contributed by atoms with Gasteiger partial charge in [-0.05, 0) is 44.5 Å². The molecule has 0 spiro atoms. The minimum absolute atomic E-state index is 0.0778. The number of carbonyl (C=O) groups is 1. The number of aromatic nitrogens is 3. The van der Waals surface area contributed by atoms with Crippen LogP contribution < -0.4 is 5.76 Å². The maximum absolute atomic E-state index is 12.6. The summed E-state index contributed by atoms with van der Waals surface area (Å²) in [7, 11) is 0. The second-order valence-corrected chi connectivity index (χ2v) is 9.72. The highest BCUT2D eigenvalue weighted by atomic mass is 35.5. The number of rotatable bonds is 14. The molecular weight excluding hydrogens is 494 g/mol. The Morgan fingerprint density at radius 1 is 0.973 bits per heavy atom.